The van der Waals surface area contributed by atoms with Crippen LogP contribution in [0.5, 0.6) is 0 Å². The molecule has 0 amide bonds. The first-order valence-corrected chi connectivity index (χ1v) is 7.90. The van der Waals surface area contributed by atoms with E-state index in [0.717, 1.165) is 39.0 Å². The van der Waals surface area contributed by atoms with Crippen LogP contribution in [0.4, 0.5) is 0 Å². The average Bonchev–Trinajstić information content (AvgIpc) is 2.72. The summed E-state index contributed by atoms with van der Waals surface area (Å²) in [6.07, 6.45) is 4.09. The fraction of sp³-hybridized carbons (Fsp3) is 0.389. The van der Waals surface area contributed by atoms with E-state index >= 15 is 0 Å². The summed E-state index contributed by atoms with van der Waals surface area (Å²) in [5.74, 6) is 0. The van der Waals surface area contributed by atoms with Crippen molar-refractivity contribution < 1.29 is 11.0 Å². The van der Waals surface area contributed by atoms with E-state index in [9.17, 15) is 0 Å². The summed E-state index contributed by atoms with van der Waals surface area (Å²) < 4.78 is 0. The van der Waals surface area contributed by atoms with Crippen LogP contribution in [0.25, 0.3) is 0 Å². The molecule has 1 unspecified atom stereocenters. The molecule has 124 valence electrons. The fourth-order valence-corrected chi connectivity index (χ4v) is 3.69. The van der Waals surface area contributed by atoms with E-state index in [-0.39, 0.29) is 11.0 Å². The molecule has 0 spiro atoms. The molecule has 1 saturated heterocycles. The van der Waals surface area contributed by atoms with Crippen LogP contribution in [0.3, 0.4) is 0 Å². The molecule has 0 radical (unpaired) electrons. The zero-order chi connectivity index (χ0) is 14.1. The number of fused-ring (bicyclic) bond motifs is 2. The van der Waals surface area contributed by atoms with Crippen LogP contribution in [0.1, 0.15) is 28.4 Å². The first kappa shape index (κ1) is 17.6. The van der Waals surface area contributed by atoms with Gasteiger partial charge in [-0.1, -0.05) is 30.3 Å². The lowest BCUT2D eigenvalue weighted by Gasteiger charge is -2.36. The van der Waals surface area contributed by atoms with Crippen molar-refractivity contribution in [3.05, 3.63) is 65.0 Å². The Kier molecular flexibility index (Phi) is 5.85. The van der Waals surface area contributed by atoms with Crippen molar-refractivity contribution in [2.24, 2.45) is 0 Å². The second-order valence-electron chi connectivity index (χ2n) is 5.93. The smallest absolute Gasteiger partial charge is 0.0623 e. The summed E-state index contributed by atoms with van der Waals surface area (Å²) in [7, 11) is 0. The van der Waals surface area contributed by atoms with Gasteiger partial charge in [0.15, 0.2) is 0 Å². The van der Waals surface area contributed by atoms with Crippen molar-refractivity contribution in [3.8, 4) is 0 Å². The fourth-order valence-electron chi connectivity index (χ4n) is 3.69. The largest absolute Gasteiger partial charge is 0.412 e. The zero-order valence-electron chi connectivity index (χ0n) is 13.3. The lowest BCUT2D eigenvalue weighted by molar-refractivity contribution is 0.197. The first-order chi connectivity index (χ1) is 10.4. The number of pyridine rings is 1. The van der Waals surface area contributed by atoms with Gasteiger partial charge in [0.05, 0.1) is 6.04 Å². The standard InChI is InChI=1S/C18H21N3.2H2O/c1-2-5-15-14(4-1)7-8-17-16(6-3-9-20-17)18(15)21-12-10-19-11-13-21;;/h1-6,9,18-19H,7-8,10-13H2;2*1H2. The molecule has 5 heteroatoms. The predicted octanol–water partition coefficient (Wildman–Crippen LogP) is 0.525. The lowest BCUT2D eigenvalue weighted by Crippen LogP contribution is -2.45. The molecule has 1 atom stereocenters. The van der Waals surface area contributed by atoms with Crippen molar-refractivity contribution >= 4 is 0 Å². The third-order valence-corrected chi connectivity index (χ3v) is 4.72. The number of nitrogens with zero attached hydrogens (tertiary/aromatic N) is 2. The minimum Gasteiger partial charge on any atom is -0.412 e. The minimum atomic E-state index is 0. The molecule has 1 aliphatic heterocycles. The highest BCUT2D eigenvalue weighted by Gasteiger charge is 2.29. The molecule has 1 aromatic carbocycles. The van der Waals surface area contributed by atoms with E-state index < -0.39 is 0 Å². The normalized spacial score (nSPS) is 20.3. The van der Waals surface area contributed by atoms with Crippen molar-refractivity contribution in [3.63, 3.8) is 0 Å². The second-order valence-corrected chi connectivity index (χ2v) is 5.93. The van der Waals surface area contributed by atoms with Gasteiger partial charge >= 0.3 is 0 Å². The maximum absolute atomic E-state index is 4.67. The Morgan fingerprint density at radius 1 is 0.913 bits per heavy atom. The molecule has 2 aliphatic rings. The number of piperazine rings is 1. The molecule has 23 heavy (non-hydrogen) atoms. The highest BCUT2D eigenvalue weighted by atomic mass is 16.0. The van der Waals surface area contributed by atoms with Crippen LogP contribution in [0.15, 0.2) is 42.6 Å². The summed E-state index contributed by atoms with van der Waals surface area (Å²) in [5.41, 5.74) is 5.65. The molecule has 2 aromatic rings. The van der Waals surface area contributed by atoms with Crippen LogP contribution in [0.2, 0.25) is 0 Å². The SMILES string of the molecule is O.O.c1ccc2c(c1)CCc1ncccc1C2N1CCNCC1. The molecule has 2 heterocycles. The second kappa shape index (κ2) is 7.66. The van der Waals surface area contributed by atoms with Crippen molar-refractivity contribution in [1.29, 1.82) is 0 Å². The van der Waals surface area contributed by atoms with Gasteiger partial charge in [0.1, 0.15) is 0 Å². The zero-order valence-corrected chi connectivity index (χ0v) is 13.3. The van der Waals surface area contributed by atoms with E-state index in [0.29, 0.717) is 6.04 Å². The van der Waals surface area contributed by atoms with Crippen LogP contribution >= 0.6 is 0 Å². The molecule has 1 aromatic heterocycles. The van der Waals surface area contributed by atoms with Gasteiger partial charge in [0.2, 0.25) is 0 Å². The van der Waals surface area contributed by atoms with Crippen molar-refractivity contribution in [2.45, 2.75) is 18.9 Å². The van der Waals surface area contributed by atoms with E-state index in [1.807, 2.05) is 6.20 Å². The van der Waals surface area contributed by atoms with Gasteiger partial charge in [-0.25, -0.2) is 0 Å². The summed E-state index contributed by atoms with van der Waals surface area (Å²) >= 11 is 0. The summed E-state index contributed by atoms with van der Waals surface area (Å²) in [5, 5.41) is 3.46. The molecule has 4 rings (SSSR count). The van der Waals surface area contributed by atoms with Crippen LogP contribution < -0.4 is 5.32 Å². The maximum Gasteiger partial charge on any atom is 0.0623 e. The Bertz CT molecular complexity index is 594. The lowest BCUT2D eigenvalue weighted by atomic mass is 9.94. The average molecular weight is 315 g/mol. The van der Waals surface area contributed by atoms with Crippen LogP contribution in [-0.4, -0.2) is 47.0 Å². The topological polar surface area (TPSA) is 91.2 Å². The molecular formula is C18H25N3O2. The Labute approximate surface area is 137 Å². The van der Waals surface area contributed by atoms with Gasteiger partial charge in [0.25, 0.3) is 0 Å². The predicted molar refractivity (Wildman–Crippen MR) is 91.6 cm³/mol. The van der Waals surface area contributed by atoms with E-state index in [4.69, 9.17) is 0 Å². The number of hydrogen-bond acceptors (Lipinski definition) is 3. The number of aryl methyl sites for hydroxylation is 2. The highest BCUT2D eigenvalue weighted by Crippen LogP contribution is 2.35. The number of nitrogens with one attached hydrogen (secondary N) is 1. The summed E-state index contributed by atoms with van der Waals surface area (Å²) in [6, 6.07) is 13.7. The Morgan fingerprint density at radius 2 is 1.65 bits per heavy atom. The number of benzene rings is 1. The molecule has 0 saturated carbocycles. The van der Waals surface area contributed by atoms with Crippen molar-refractivity contribution in [1.82, 2.24) is 15.2 Å². The van der Waals surface area contributed by atoms with Crippen LogP contribution in [0, 0.1) is 0 Å². The number of aromatic nitrogens is 1. The van der Waals surface area contributed by atoms with Gasteiger partial charge in [0, 0.05) is 38.1 Å². The highest BCUT2D eigenvalue weighted by molar-refractivity contribution is 5.42. The molecule has 0 bridgehead atoms. The third-order valence-electron chi connectivity index (χ3n) is 4.72. The van der Waals surface area contributed by atoms with Gasteiger partial charge < -0.3 is 16.3 Å². The van der Waals surface area contributed by atoms with Gasteiger partial charge in [-0.05, 0) is 35.6 Å². The Morgan fingerprint density at radius 3 is 2.48 bits per heavy atom. The first-order valence-electron chi connectivity index (χ1n) is 7.90. The Hall–Kier alpha value is -1.79. The molecule has 5 N–H and O–H groups in total. The monoisotopic (exact) mass is 315 g/mol. The summed E-state index contributed by atoms with van der Waals surface area (Å²) in [6.45, 7) is 4.36. The van der Waals surface area contributed by atoms with E-state index in [1.165, 1.54) is 22.4 Å². The van der Waals surface area contributed by atoms with E-state index in [2.05, 4.69) is 51.6 Å². The number of hydrogen-bond donors (Lipinski definition) is 1. The Balaban J connectivity index is 0.000000960. The molecular weight excluding hydrogens is 290 g/mol. The maximum atomic E-state index is 4.67. The molecule has 1 aliphatic carbocycles. The van der Waals surface area contributed by atoms with Crippen LogP contribution in [-0.2, 0) is 12.8 Å². The van der Waals surface area contributed by atoms with E-state index in [1.54, 1.807) is 0 Å². The third kappa shape index (κ3) is 3.28. The van der Waals surface area contributed by atoms with Gasteiger partial charge in [-0.2, -0.15) is 0 Å². The molecule has 5 nitrogen and oxygen atoms in total. The minimum absolute atomic E-state index is 0. The van der Waals surface area contributed by atoms with Gasteiger partial charge in [-0.3, -0.25) is 9.88 Å². The van der Waals surface area contributed by atoms with Crippen molar-refractivity contribution in [2.75, 3.05) is 26.2 Å². The number of rotatable bonds is 1. The van der Waals surface area contributed by atoms with Gasteiger partial charge in [-0.15, -0.1) is 0 Å². The quantitative estimate of drug-likeness (QED) is 0.832. The molecule has 1 fully saturated rings. The summed E-state index contributed by atoms with van der Waals surface area (Å²) in [4.78, 5) is 7.28.